The van der Waals surface area contributed by atoms with E-state index in [9.17, 15) is 5.11 Å². The smallest absolute Gasteiger partial charge is 0.119 e. The van der Waals surface area contributed by atoms with Crippen LogP contribution in [0.3, 0.4) is 0 Å². The van der Waals surface area contributed by atoms with E-state index in [4.69, 9.17) is 0 Å². The molecule has 114 valence electrons. The molecule has 4 rings (SSSR count). The third-order valence-electron chi connectivity index (χ3n) is 4.84. The van der Waals surface area contributed by atoms with Crippen molar-refractivity contribution >= 4 is 44.9 Å². The average molecular weight is 318 g/mol. The molecule has 0 spiro atoms. The summed E-state index contributed by atoms with van der Waals surface area (Å²) >= 11 is 4.50. The van der Waals surface area contributed by atoms with Gasteiger partial charge in [-0.1, -0.05) is 18.2 Å². The first-order chi connectivity index (χ1) is 11.0. The average Bonchev–Trinajstić information content (AvgIpc) is 2.51. The molecule has 0 bridgehead atoms. The molecule has 4 aromatic carbocycles. The number of rotatable bonds is 0. The number of benzene rings is 4. The van der Waals surface area contributed by atoms with E-state index in [-0.39, 0.29) is 0 Å². The lowest BCUT2D eigenvalue weighted by atomic mass is 9.91. The topological polar surface area (TPSA) is 20.2 Å². The van der Waals surface area contributed by atoms with Gasteiger partial charge in [-0.3, -0.25) is 0 Å². The van der Waals surface area contributed by atoms with Gasteiger partial charge in [0.1, 0.15) is 5.75 Å². The van der Waals surface area contributed by atoms with Gasteiger partial charge < -0.3 is 5.11 Å². The Kier molecular flexibility index (Phi) is 3.07. The Morgan fingerprint density at radius 3 is 1.74 bits per heavy atom. The fourth-order valence-electron chi connectivity index (χ4n) is 3.39. The Balaban J connectivity index is 2.39. The van der Waals surface area contributed by atoms with Gasteiger partial charge in [0.25, 0.3) is 0 Å². The van der Waals surface area contributed by atoms with Gasteiger partial charge in [0, 0.05) is 4.90 Å². The summed E-state index contributed by atoms with van der Waals surface area (Å²) in [7, 11) is 0. The number of hydrogen-bond donors (Lipinski definition) is 2. The lowest BCUT2D eigenvalue weighted by Gasteiger charge is -2.14. The Hall–Kier alpha value is -2.19. The predicted octanol–water partition coefficient (Wildman–Crippen LogP) is 6.07. The van der Waals surface area contributed by atoms with Gasteiger partial charge in [0.15, 0.2) is 0 Å². The first-order valence-electron chi connectivity index (χ1n) is 7.74. The van der Waals surface area contributed by atoms with Crippen molar-refractivity contribution in [1.82, 2.24) is 0 Å². The van der Waals surface area contributed by atoms with Crippen molar-refractivity contribution < 1.29 is 5.11 Å². The molecule has 0 amide bonds. The van der Waals surface area contributed by atoms with Crippen molar-refractivity contribution in [1.29, 1.82) is 0 Å². The van der Waals surface area contributed by atoms with Crippen LogP contribution in [0.4, 0.5) is 0 Å². The summed E-state index contributed by atoms with van der Waals surface area (Å²) in [6.45, 7) is 6.25. The molecule has 4 aromatic rings. The van der Waals surface area contributed by atoms with Crippen molar-refractivity contribution in [2.75, 3.05) is 0 Å². The highest BCUT2D eigenvalue weighted by Crippen LogP contribution is 2.39. The van der Waals surface area contributed by atoms with Crippen molar-refractivity contribution in [3.8, 4) is 5.75 Å². The lowest BCUT2D eigenvalue weighted by Crippen LogP contribution is -1.88. The van der Waals surface area contributed by atoms with Crippen molar-refractivity contribution in [3.63, 3.8) is 0 Å². The molecule has 0 heterocycles. The SMILES string of the molecule is Cc1cc2c3ccc(S)cc3c3cc(O)c(C)cc3c2cc1C. The second kappa shape index (κ2) is 4.90. The highest BCUT2D eigenvalue weighted by molar-refractivity contribution is 7.80. The Morgan fingerprint density at radius 2 is 1.09 bits per heavy atom. The molecule has 0 atom stereocenters. The molecule has 0 aliphatic heterocycles. The van der Waals surface area contributed by atoms with Gasteiger partial charge in [0.2, 0.25) is 0 Å². The third kappa shape index (κ3) is 2.09. The molecular formula is C21H18OS. The Morgan fingerprint density at radius 1 is 0.609 bits per heavy atom. The molecule has 0 aromatic heterocycles. The number of aromatic hydroxyl groups is 1. The molecule has 0 aliphatic carbocycles. The van der Waals surface area contributed by atoms with E-state index >= 15 is 0 Å². The molecule has 1 N–H and O–H groups in total. The molecule has 1 nitrogen and oxygen atoms in total. The summed E-state index contributed by atoms with van der Waals surface area (Å²) < 4.78 is 0. The molecular weight excluding hydrogens is 300 g/mol. The maximum absolute atomic E-state index is 10.2. The highest BCUT2D eigenvalue weighted by Gasteiger charge is 2.12. The third-order valence-corrected chi connectivity index (χ3v) is 5.12. The van der Waals surface area contributed by atoms with Crippen LogP contribution in [0.1, 0.15) is 16.7 Å². The fraction of sp³-hybridized carbons (Fsp3) is 0.143. The van der Waals surface area contributed by atoms with Crippen LogP contribution in [0.15, 0.2) is 47.4 Å². The minimum atomic E-state index is 0.339. The van der Waals surface area contributed by atoms with Gasteiger partial charge in [0.05, 0.1) is 0 Å². The van der Waals surface area contributed by atoms with Crippen molar-refractivity contribution in [2.24, 2.45) is 0 Å². The zero-order valence-electron chi connectivity index (χ0n) is 13.4. The zero-order valence-corrected chi connectivity index (χ0v) is 14.3. The van der Waals surface area contributed by atoms with E-state index in [1.807, 2.05) is 19.1 Å². The van der Waals surface area contributed by atoms with Crippen molar-refractivity contribution in [3.05, 3.63) is 59.2 Å². The van der Waals surface area contributed by atoms with E-state index in [0.717, 1.165) is 21.2 Å². The summed E-state index contributed by atoms with van der Waals surface area (Å²) in [4.78, 5) is 0.932. The number of aryl methyl sites for hydroxylation is 3. The van der Waals surface area contributed by atoms with Crippen LogP contribution in [0.5, 0.6) is 5.75 Å². The van der Waals surface area contributed by atoms with Crippen LogP contribution >= 0.6 is 12.6 Å². The van der Waals surface area contributed by atoms with Crippen LogP contribution in [0, 0.1) is 20.8 Å². The summed E-state index contributed by atoms with van der Waals surface area (Å²) in [5.74, 6) is 0.339. The molecule has 0 saturated carbocycles. The lowest BCUT2D eigenvalue weighted by molar-refractivity contribution is 0.472. The second-order valence-electron chi connectivity index (χ2n) is 6.40. The Bertz CT molecular complexity index is 1070. The minimum Gasteiger partial charge on any atom is -0.508 e. The standard InChI is InChI=1S/C21H18OS/c1-11-6-16-15-5-4-14(23)9-19(15)20-10-21(22)13(3)8-18(20)17(16)7-12(11)2/h4-10,22-23H,1-3H3. The number of thiol groups is 1. The van der Waals surface area contributed by atoms with Crippen LogP contribution < -0.4 is 0 Å². The largest absolute Gasteiger partial charge is 0.508 e. The monoisotopic (exact) mass is 318 g/mol. The first-order valence-corrected chi connectivity index (χ1v) is 8.19. The predicted molar refractivity (Wildman–Crippen MR) is 102 cm³/mol. The molecule has 0 radical (unpaired) electrons. The maximum atomic E-state index is 10.2. The molecule has 23 heavy (non-hydrogen) atoms. The van der Waals surface area contributed by atoms with Gasteiger partial charge in [-0.2, -0.15) is 0 Å². The molecule has 0 unspecified atom stereocenters. The van der Waals surface area contributed by atoms with Crippen LogP contribution in [-0.2, 0) is 0 Å². The fourth-order valence-corrected chi connectivity index (χ4v) is 3.60. The summed E-state index contributed by atoms with van der Waals surface area (Å²) in [5, 5.41) is 17.3. The molecule has 0 aliphatic rings. The van der Waals surface area contributed by atoms with E-state index < -0.39 is 0 Å². The maximum Gasteiger partial charge on any atom is 0.119 e. The van der Waals surface area contributed by atoms with Gasteiger partial charge in [-0.05, 0) is 94.0 Å². The molecule has 0 saturated heterocycles. The number of fused-ring (bicyclic) bond motifs is 6. The van der Waals surface area contributed by atoms with Crippen LogP contribution in [-0.4, -0.2) is 5.11 Å². The van der Waals surface area contributed by atoms with E-state index in [2.05, 4.69) is 56.8 Å². The number of hydrogen-bond acceptors (Lipinski definition) is 2. The van der Waals surface area contributed by atoms with Gasteiger partial charge >= 0.3 is 0 Å². The van der Waals surface area contributed by atoms with Crippen molar-refractivity contribution in [2.45, 2.75) is 25.7 Å². The number of phenolic OH excluding ortho intramolecular Hbond substituents is 1. The van der Waals surface area contributed by atoms with E-state index in [1.54, 1.807) is 0 Å². The number of phenols is 1. The summed E-state index contributed by atoms with van der Waals surface area (Å²) in [6.07, 6.45) is 0. The van der Waals surface area contributed by atoms with E-state index in [0.29, 0.717) is 5.75 Å². The minimum absolute atomic E-state index is 0.339. The molecule has 0 fully saturated rings. The quantitative estimate of drug-likeness (QED) is 0.298. The van der Waals surface area contributed by atoms with Crippen LogP contribution in [0.2, 0.25) is 0 Å². The van der Waals surface area contributed by atoms with Gasteiger partial charge in [-0.15, -0.1) is 12.6 Å². The molecule has 2 heteroatoms. The first kappa shape index (κ1) is 14.4. The highest BCUT2D eigenvalue weighted by atomic mass is 32.1. The second-order valence-corrected chi connectivity index (χ2v) is 6.91. The zero-order chi connectivity index (χ0) is 16.3. The van der Waals surface area contributed by atoms with Gasteiger partial charge in [-0.25, -0.2) is 0 Å². The summed E-state index contributed by atoms with van der Waals surface area (Å²) in [5.41, 5.74) is 3.48. The van der Waals surface area contributed by atoms with Crippen LogP contribution in [0.25, 0.3) is 32.3 Å². The summed E-state index contributed by atoms with van der Waals surface area (Å²) in [6, 6.07) is 14.8. The Labute approximate surface area is 141 Å². The normalized spacial score (nSPS) is 11.7. The van der Waals surface area contributed by atoms with E-state index in [1.165, 1.54) is 32.7 Å².